The average molecular weight is 247 g/mol. The first-order valence-corrected chi connectivity index (χ1v) is 5.45. The van der Waals surface area contributed by atoms with Gasteiger partial charge in [-0.05, 0) is 24.3 Å². The highest BCUT2D eigenvalue weighted by atomic mass is 15.1. The van der Waals surface area contributed by atoms with Crippen LogP contribution >= 0.6 is 0 Å². The largest absolute Gasteiger partial charge is 0.397 e. The molecule has 0 saturated heterocycles. The number of nitriles is 2. The number of nitrogens with zero attached hydrogens (tertiary/aromatic N) is 4. The zero-order valence-electron chi connectivity index (χ0n) is 9.91. The molecule has 2 rings (SSSR count). The summed E-state index contributed by atoms with van der Waals surface area (Å²) in [7, 11) is 0. The minimum Gasteiger partial charge on any atom is -0.397 e. The van der Waals surface area contributed by atoms with Crippen LogP contribution < -0.4 is 5.73 Å². The third-order valence-corrected chi connectivity index (χ3v) is 2.44. The topological polar surface area (TPSA) is 98.3 Å². The summed E-state index contributed by atoms with van der Waals surface area (Å²) in [4.78, 5) is 0. The zero-order chi connectivity index (χ0) is 13.7. The van der Waals surface area contributed by atoms with E-state index in [1.807, 2.05) is 30.3 Å². The fourth-order valence-electron chi connectivity index (χ4n) is 1.49. The molecule has 0 radical (unpaired) electrons. The smallest absolute Gasteiger partial charge is 0.101 e. The van der Waals surface area contributed by atoms with Gasteiger partial charge in [0.05, 0.1) is 28.2 Å². The van der Waals surface area contributed by atoms with Gasteiger partial charge in [-0.1, -0.05) is 18.2 Å². The lowest BCUT2D eigenvalue weighted by atomic mass is 10.1. The molecule has 0 saturated carbocycles. The van der Waals surface area contributed by atoms with Crippen LogP contribution in [0.5, 0.6) is 0 Å². The van der Waals surface area contributed by atoms with Gasteiger partial charge < -0.3 is 5.73 Å². The second-order valence-electron chi connectivity index (χ2n) is 3.71. The number of nitrogen functional groups attached to an aromatic ring is 1. The number of azo groups is 1. The molecule has 5 nitrogen and oxygen atoms in total. The Hall–Kier alpha value is -3.18. The normalized spacial score (nSPS) is 10.0. The maximum absolute atomic E-state index is 8.94. The maximum Gasteiger partial charge on any atom is 0.101 e. The van der Waals surface area contributed by atoms with Crippen LogP contribution in [0, 0.1) is 22.7 Å². The third kappa shape index (κ3) is 2.74. The average Bonchev–Trinajstić information content (AvgIpc) is 2.47. The molecule has 90 valence electrons. The lowest BCUT2D eigenvalue weighted by Gasteiger charge is -2.01. The van der Waals surface area contributed by atoms with E-state index in [1.165, 1.54) is 12.1 Å². The second-order valence-corrected chi connectivity index (χ2v) is 3.71. The van der Waals surface area contributed by atoms with Crippen molar-refractivity contribution in [3.05, 3.63) is 53.6 Å². The van der Waals surface area contributed by atoms with E-state index in [0.29, 0.717) is 11.4 Å². The number of rotatable bonds is 2. The van der Waals surface area contributed by atoms with Crippen molar-refractivity contribution < 1.29 is 0 Å². The summed E-state index contributed by atoms with van der Waals surface area (Å²) in [6.07, 6.45) is 0. The van der Waals surface area contributed by atoms with Gasteiger partial charge in [-0.25, -0.2) is 0 Å². The fourth-order valence-corrected chi connectivity index (χ4v) is 1.49. The van der Waals surface area contributed by atoms with E-state index in [9.17, 15) is 0 Å². The quantitative estimate of drug-likeness (QED) is 0.650. The predicted octanol–water partition coefficient (Wildman–Crippen LogP) is 3.43. The summed E-state index contributed by atoms with van der Waals surface area (Å²) in [6.45, 7) is 0. The monoisotopic (exact) mass is 247 g/mol. The molecule has 0 aliphatic rings. The lowest BCUT2D eigenvalue weighted by molar-refractivity contribution is 1.23. The van der Waals surface area contributed by atoms with Gasteiger partial charge in [-0.2, -0.15) is 20.8 Å². The SMILES string of the molecule is N#Cc1cc(N=Nc2ccccc2)cc(C#N)c1N. The Labute approximate surface area is 110 Å². The molecular weight excluding hydrogens is 238 g/mol. The number of benzene rings is 2. The van der Waals surface area contributed by atoms with E-state index in [2.05, 4.69) is 10.2 Å². The van der Waals surface area contributed by atoms with E-state index in [4.69, 9.17) is 16.3 Å². The molecule has 2 N–H and O–H groups in total. The van der Waals surface area contributed by atoms with Crippen LogP contribution in [0.15, 0.2) is 52.7 Å². The molecule has 2 aromatic rings. The summed E-state index contributed by atoms with van der Waals surface area (Å²) >= 11 is 0. The van der Waals surface area contributed by atoms with Crippen LogP contribution in [0.2, 0.25) is 0 Å². The first-order chi connectivity index (χ1) is 9.24. The van der Waals surface area contributed by atoms with Crippen LogP contribution in [-0.4, -0.2) is 0 Å². The summed E-state index contributed by atoms with van der Waals surface area (Å²) in [5, 5.41) is 25.9. The minimum atomic E-state index is 0.170. The lowest BCUT2D eigenvalue weighted by Crippen LogP contribution is -1.94. The molecule has 5 heteroatoms. The van der Waals surface area contributed by atoms with Gasteiger partial charge in [0.2, 0.25) is 0 Å². The van der Waals surface area contributed by atoms with Crippen molar-refractivity contribution in [2.75, 3.05) is 5.73 Å². The van der Waals surface area contributed by atoms with Crippen LogP contribution in [0.1, 0.15) is 11.1 Å². The molecule has 2 aromatic carbocycles. The molecular formula is C14H9N5. The Morgan fingerprint density at radius 2 is 1.37 bits per heavy atom. The Kier molecular flexibility index (Phi) is 3.51. The Morgan fingerprint density at radius 1 is 0.842 bits per heavy atom. The van der Waals surface area contributed by atoms with Gasteiger partial charge >= 0.3 is 0 Å². The van der Waals surface area contributed by atoms with E-state index in [0.717, 1.165) is 0 Å². The molecule has 0 heterocycles. The molecule has 0 amide bonds. The Bertz CT molecular complexity index is 670. The first kappa shape index (κ1) is 12.3. The molecule has 0 aromatic heterocycles. The van der Waals surface area contributed by atoms with Crippen molar-refractivity contribution in [1.82, 2.24) is 0 Å². The second kappa shape index (κ2) is 5.44. The van der Waals surface area contributed by atoms with E-state index in [-0.39, 0.29) is 16.8 Å². The van der Waals surface area contributed by atoms with Crippen molar-refractivity contribution in [3.63, 3.8) is 0 Å². The summed E-state index contributed by atoms with van der Waals surface area (Å²) in [5.74, 6) is 0. The number of anilines is 1. The van der Waals surface area contributed by atoms with Crippen LogP contribution in [0.25, 0.3) is 0 Å². The molecule has 0 unspecified atom stereocenters. The summed E-state index contributed by atoms with van der Waals surface area (Å²) in [6, 6.07) is 16.0. The van der Waals surface area contributed by atoms with Gasteiger partial charge in [0.15, 0.2) is 0 Å². The van der Waals surface area contributed by atoms with Gasteiger partial charge in [0.25, 0.3) is 0 Å². The highest BCUT2D eigenvalue weighted by molar-refractivity contribution is 5.68. The number of hydrogen-bond donors (Lipinski definition) is 1. The first-order valence-electron chi connectivity index (χ1n) is 5.45. The highest BCUT2D eigenvalue weighted by Crippen LogP contribution is 2.25. The van der Waals surface area contributed by atoms with Crippen molar-refractivity contribution in [2.45, 2.75) is 0 Å². The number of nitrogens with two attached hydrogens (primary N) is 1. The molecule has 0 atom stereocenters. The Balaban J connectivity index is 2.40. The van der Waals surface area contributed by atoms with Crippen molar-refractivity contribution in [2.24, 2.45) is 10.2 Å². The van der Waals surface area contributed by atoms with Crippen molar-refractivity contribution in [1.29, 1.82) is 10.5 Å². The maximum atomic E-state index is 8.94. The fraction of sp³-hybridized carbons (Fsp3) is 0. The van der Waals surface area contributed by atoms with Crippen LogP contribution in [0.4, 0.5) is 17.1 Å². The van der Waals surface area contributed by atoms with Gasteiger partial charge in [-0.3, -0.25) is 0 Å². The van der Waals surface area contributed by atoms with Gasteiger partial charge in [-0.15, -0.1) is 0 Å². The molecule has 0 aliphatic carbocycles. The predicted molar refractivity (Wildman–Crippen MR) is 70.9 cm³/mol. The molecule has 0 bridgehead atoms. The standard InChI is InChI=1S/C14H9N5/c15-8-10-6-13(7-11(9-16)14(10)17)19-18-12-4-2-1-3-5-12/h1-7H,17H2. The van der Waals surface area contributed by atoms with Gasteiger partial charge in [0.1, 0.15) is 12.1 Å². The molecule has 0 spiro atoms. The van der Waals surface area contributed by atoms with E-state index < -0.39 is 0 Å². The minimum absolute atomic E-state index is 0.170. The van der Waals surface area contributed by atoms with Crippen molar-refractivity contribution in [3.8, 4) is 12.1 Å². The number of hydrogen-bond acceptors (Lipinski definition) is 5. The molecule has 0 aliphatic heterocycles. The zero-order valence-corrected chi connectivity index (χ0v) is 9.91. The van der Waals surface area contributed by atoms with Crippen molar-refractivity contribution >= 4 is 17.1 Å². The highest BCUT2D eigenvalue weighted by Gasteiger charge is 2.07. The summed E-state index contributed by atoms with van der Waals surface area (Å²) in [5.41, 5.74) is 7.39. The molecule has 19 heavy (non-hydrogen) atoms. The van der Waals surface area contributed by atoms with E-state index in [1.54, 1.807) is 12.1 Å². The van der Waals surface area contributed by atoms with Crippen LogP contribution in [-0.2, 0) is 0 Å². The Morgan fingerprint density at radius 3 is 1.89 bits per heavy atom. The third-order valence-electron chi connectivity index (χ3n) is 2.44. The van der Waals surface area contributed by atoms with Gasteiger partial charge in [0, 0.05) is 0 Å². The summed E-state index contributed by atoms with van der Waals surface area (Å²) < 4.78 is 0. The molecule has 0 fully saturated rings. The van der Waals surface area contributed by atoms with E-state index >= 15 is 0 Å². The van der Waals surface area contributed by atoms with Crippen LogP contribution in [0.3, 0.4) is 0 Å².